The van der Waals surface area contributed by atoms with Gasteiger partial charge in [0.1, 0.15) is 11.7 Å². The van der Waals surface area contributed by atoms with Gasteiger partial charge in [0.2, 0.25) is 5.82 Å². The minimum Gasteiger partial charge on any atom is -0.480 e. The van der Waals surface area contributed by atoms with Crippen LogP contribution >= 0.6 is 0 Å². The number of hydrogen-bond donors (Lipinski definition) is 2. The summed E-state index contributed by atoms with van der Waals surface area (Å²) in [7, 11) is 1.56. The molecule has 0 aliphatic rings. The highest BCUT2D eigenvalue weighted by Gasteiger charge is 2.29. The van der Waals surface area contributed by atoms with Crippen molar-refractivity contribution in [1.82, 2.24) is 9.78 Å². The first-order valence-electron chi connectivity index (χ1n) is 6.47. The number of nitro groups is 1. The van der Waals surface area contributed by atoms with Gasteiger partial charge in [-0.15, -0.1) is 0 Å². The second kappa shape index (κ2) is 6.36. The van der Waals surface area contributed by atoms with E-state index in [1.807, 2.05) is 13.8 Å². The molecule has 0 saturated carbocycles. The van der Waals surface area contributed by atoms with Crippen molar-refractivity contribution in [3.8, 4) is 0 Å². The van der Waals surface area contributed by atoms with Gasteiger partial charge in [-0.05, 0) is 18.8 Å². The molecule has 0 aliphatic heterocycles. The molecule has 8 nitrogen and oxygen atoms in total. The molecule has 2 N–H and O–H groups in total. The molecule has 0 spiro atoms. The van der Waals surface area contributed by atoms with Crippen LogP contribution in [-0.4, -0.2) is 31.8 Å². The fourth-order valence-corrected chi connectivity index (χ4v) is 2.02. The summed E-state index contributed by atoms with van der Waals surface area (Å²) in [5.41, 5.74) is 0.193. The maximum Gasteiger partial charge on any atom is 0.334 e. The van der Waals surface area contributed by atoms with Crippen LogP contribution in [0.3, 0.4) is 0 Å². The zero-order chi connectivity index (χ0) is 15.4. The lowest BCUT2D eigenvalue weighted by atomic mass is 10.0. The summed E-state index contributed by atoms with van der Waals surface area (Å²) in [6, 6.07) is -0.881. The van der Waals surface area contributed by atoms with Crippen LogP contribution in [-0.2, 0) is 18.3 Å². The Labute approximate surface area is 116 Å². The number of anilines is 1. The number of carboxylic acid groups (broad SMARTS) is 1. The largest absolute Gasteiger partial charge is 0.480 e. The Balaban J connectivity index is 3.15. The minimum absolute atomic E-state index is 0.139. The number of carboxylic acids is 1. The number of aliphatic carboxylic acids is 1. The van der Waals surface area contributed by atoms with Crippen molar-refractivity contribution < 1.29 is 14.8 Å². The van der Waals surface area contributed by atoms with Crippen LogP contribution in [0.4, 0.5) is 11.5 Å². The van der Waals surface area contributed by atoms with E-state index in [0.29, 0.717) is 18.5 Å². The first kappa shape index (κ1) is 15.9. The van der Waals surface area contributed by atoms with Gasteiger partial charge in [0.05, 0.1) is 4.92 Å². The summed E-state index contributed by atoms with van der Waals surface area (Å²) < 4.78 is 1.33. The highest BCUT2D eigenvalue weighted by molar-refractivity contribution is 5.78. The molecule has 0 aliphatic carbocycles. The van der Waals surface area contributed by atoms with Crippen molar-refractivity contribution in [3.05, 3.63) is 15.8 Å². The number of carbonyl (C=O) groups is 1. The first-order valence-corrected chi connectivity index (χ1v) is 6.47. The van der Waals surface area contributed by atoms with E-state index in [-0.39, 0.29) is 17.4 Å². The molecule has 1 aromatic rings. The maximum absolute atomic E-state index is 11.2. The van der Waals surface area contributed by atoms with Gasteiger partial charge >= 0.3 is 11.7 Å². The molecule has 20 heavy (non-hydrogen) atoms. The summed E-state index contributed by atoms with van der Waals surface area (Å²) in [6.07, 6.45) is 0.785. The SMILES string of the molecule is CCc1nn(C)c(NC(CC(C)C)C(=O)O)c1[N+](=O)[O-]. The van der Waals surface area contributed by atoms with Crippen molar-refractivity contribution in [1.29, 1.82) is 0 Å². The van der Waals surface area contributed by atoms with E-state index in [9.17, 15) is 20.0 Å². The number of nitrogens with zero attached hydrogens (tertiary/aromatic N) is 3. The monoisotopic (exact) mass is 284 g/mol. The van der Waals surface area contributed by atoms with Crippen LogP contribution in [0.5, 0.6) is 0 Å². The van der Waals surface area contributed by atoms with Gasteiger partial charge in [0, 0.05) is 7.05 Å². The van der Waals surface area contributed by atoms with Crippen molar-refractivity contribution in [3.63, 3.8) is 0 Å². The third-order valence-electron chi connectivity index (χ3n) is 2.93. The van der Waals surface area contributed by atoms with E-state index in [0.717, 1.165) is 0 Å². The summed E-state index contributed by atoms with van der Waals surface area (Å²) >= 11 is 0. The average molecular weight is 284 g/mol. The first-order chi connectivity index (χ1) is 9.27. The smallest absolute Gasteiger partial charge is 0.334 e. The summed E-state index contributed by atoms with van der Waals surface area (Å²) in [5, 5.41) is 27.2. The summed E-state index contributed by atoms with van der Waals surface area (Å²) in [5.74, 6) is -0.742. The molecule has 1 rings (SSSR count). The van der Waals surface area contributed by atoms with E-state index < -0.39 is 16.9 Å². The van der Waals surface area contributed by atoms with Crippen molar-refractivity contribution >= 4 is 17.5 Å². The van der Waals surface area contributed by atoms with Gasteiger partial charge in [-0.2, -0.15) is 5.10 Å². The normalized spacial score (nSPS) is 12.4. The predicted octanol–water partition coefficient (Wildman–Crippen LogP) is 1.80. The summed E-state index contributed by atoms with van der Waals surface area (Å²) in [4.78, 5) is 21.9. The number of aryl methyl sites for hydroxylation is 2. The molecule has 1 unspecified atom stereocenters. The lowest BCUT2D eigenvalue weighted by Crippen LogP contribution is -2.31. The summed E-state index contributed by atoms with van der Waals surface area (Å²) in [6.45, 7) is 5.56. The van der Waals surface area contributed by atoms with Crippen molar-refractivity contribution in [2.75, 3.05) is 5.32 Å². The molecule has 1 heterocycles. The highest BCUT2D eigenvalue weighted by atomic mass is 16.6. The van der Waals surface area contributed by atoms with Gasteiger partial charge < -0.3 is 10.4 Å². The van der Waals surface area contributed by atoms with Gasteiger partial charge in [-0.1, -0.05) is 20.8 Å². The molecule has 8 heteroatoms. The molecule has 0 saturated heterocycles. The standard InChI is InChI=1S/C12H20N4O4/c1-5-8-10(16(19)20)11(15(4)14-8)13-9(12(17)18)6-7(2)3/h7,9,13H,5-6H2,1-4H3,(H,17,18). The van der Waals surface area contributed by atoms with Crippen molar-refractivity contribution in [2.45, 2.75) is 39.7 Å². The Kier molecular flexibility index (Phi) is 5.06. The molecule has 0 fully saturated rings. The minimum atomic E-state index is -1.03. The van der Waals surface area contributed by atoms with E-state index >= 15 is 0 Å². The molecule has 1 aromatic heterocycles. The molecular weight excluding hydrogens is 264 g/mol. The molecule has 1 atom stereocenters. The molecule has 112 valence electrons. The average Bonchev–Trinajstić information content (AvgIpc) is 2.64. The van der Waals surface area contributed by atoms with E-state index in [1.165, 1.54) is 4.68 Å². The zero-order valence-corrected chi connectivity index (χ0v) is 12.1. The number of aromatic nitrogens is 2. The van der Waals surface area contributed by atoms with Crippen molar-refractivity contribution in [2.24, 2.45) is 13.0 Å². The molecular formula is C12H20N4O4. The lowest BCUT2D eigenvalue weighted by molar-refractivity contribution is -0.384. The van der Waals surface area contributed by atoms with Crippen LogP contribution in [0.25, 0.3) is 0 Å². The molecule has 0 bridgehead atoms. The quantitative estimate of drug-likeness (QED) is 0.583. The van der Waals surface area contributed by atoms with Crippen LogP contribution in [0.15, 0.2) is 0 Å². The Bertz CT molecular complexity index is 510. The highest BCUT2D eigenvalue weighted by Crippen LogP contribution is 2.29. The van der Waals surface area contributed by atoms with Crippen LogP contribution in [0, 0.1) is 16.0 Å². The predicted molar refractivity (Wildman–Crippen MR) is 73.7 cm³/mol. The Morgan fingerprint density at radius 2 is 2.15 bits per heavy atom. The van der Waals surface area contributed by atoms with E-state index in [4.69, 9.17) is 0 Å². The van der Waals surface area contributed by atoms with E-state index in [1.54, 1.807) is 14.0 Å². The lowest BCUT2D eigenvalue weighted by Gasteiger charge is -2.17. The van der Waals surface area contributed by atoms with Crippen LogP contribution < -0.4 is 5.32 Å². The van der Waals surface area contributed by atoms with Gasteiger partial charge in [-0.3, -0.25) is 10.1 Å². The second-order valence-electron chi connectivity index (χ2n) is 5.04. The fraction of sp³-hybridized carbons (Fsp3) is 0.667. The second-order valence-corrected chi connectivity index (χ2v) is 5.04. The van der Waals surface area contributed by atoms with Gasteiger partial charge in [0.25, 0.3) is 0 Å². The number of rotatable bonds is 7. The molecule has 0 aromatic carbocycles. The van der Waals surface area contributed by atoms with Gasteiger partial charge in [-0.25, -0.2) is 9.48 Å². The molecule has 0 amide bonds. The Morgan fingerprint density at radius 3 is 2.55 bits per heavy atom. The topological polar surface area (TPSA) is 110 Å². The third kappa shape index (κ3) is 3.46. The Hall–Kier alpha value is -2.12. The molecule has 0 radical (unpaired) electrons. The fourth-order valence-electron chi connectivity index (χ4n) is 2.02. The zero-order valence-electron chi connectivity index (χ0n) is 12.1. The van der Waals surface area contributed by atoms with Crippen LogP contribution in [0.1, 0.15) is 32.9 Å². The maximum atomic E-state index is 11.2. The number of hydrogen-bond acceptors (Lipinski definition) is 5. The Morgan fingerprint density at radius 1 is 1.55 bits per heavy atom. The van der Waals surface area contributed by atoms with Crippen LogP contribution in [0.2, 0.25) is 0 Å². The van der Waals surface area contributed by atoms with Gasteiger partial charge in [0.15, 0.2) is 0 Å². The number of nitrogens with one attached hydrogen (secondary N) is 1. The van der Waals surface area contributed by atoms with E-state index in [2.05, 4.69) is 10.4 Å². The third-order valence-corrected chi connectivity index (χ3v) is 2.93.